The lowest BCUT2D eigenvalue weighted by atomic mass is 9.94. The van der Waals surface area contributed by atoms with Gasteiger partial charge >= 0.3 is 0 Å². The number of carbonyl (C=O) groups excluding carboxylic acids is 2. The quantitative estimate of drug-likeness (QED) is 0.366. The Kier molecular flexibility index (Phi) is 5.01. The Balaban J connectivity index is 1.71. The molecule has 33 heavy (non-hydrogen) atoms. The Hall–Kier alpha value is -4.26. The highest BCUT2D eigenvalue weighted by molar-refractivity contribution is 6.51. The molecule has 166 valence electrons. The number of carbonyl (C=O) groups is 2. The number of ether oxygens (including phenoxy) is 3. The number of Topliss-reactive ketones (excluding diaryl/α,β-unsaturated/α-hetero) is 1. The van der Waals surface area contributed by atoms with E-state index in [1.165, 1.54) is 4.90 Å². The van der Waals surface area contributed by atoms with Gasteiger partial charge in [-0.15, -0.1) is 0 Å². The van der Waals surface area contributed by atoms with Crippen molar-refractivity contribution in [2.24, 2.45) is 0 Å². The Morgan fingerprint density at radius 2 is 1.76 bits per heavy atom. The number of aryl methyl sites for hydroxylation is 1. The number of hydrogen-bond donors (Lipinski definition) is 1. The highest BCUT2D eigenvalue weighted by Crippen LogP contribution is 2.44. The van der Waals surface area contributed by atoms with Crippen molar-refractivity contribution in [1.29, 1.82) is 0 Å². The van der Waals surface area contributed by atoms with E-state index in [9.17, 15) is 14.7 Å². The molecule has 0 saturated carbocycles. The fourth-order valence-electron chi connectivity index (χ4n) is 4.13. The minimum Gasteiger partial charge on any atom is -0.507 e. The first-order valence-corrected chi connectivity index (χ1v) is 10.4. The molecule has 3 aromatic carbocycles. The average Bonchev–Trinajstić information content (AvgIpc) is 3.41. The van der Waals surface area contributed by atoms with Gasteiger partial charge in [0, 0.05) is 11.3 Å². The number of methoxy groups -OCH3 is 1. The number of aliphatic hydroxyl groups excluding tert-OH is 1. The van der Waals surface area contributed by atoms with Crippen LogP contribution in [-0.2, 0) is 9.59 Å². The van der Waals surface area contributed by atoms with E-state index in [1.807, 2.05) is 19.1 Å². The minimum absolute atomic E-state index is 0.00677. The van der Waals surface area contributed by atoms with Crippen molar-refractivity contribution < 1.29 is 28.9 Å². The standard InChI is InChI=1S/C26H21NO6/c1-15-6-9-18(10-7-15)27-23(16-4-3-5-19(12-16)31-2)22(25(29)26(27)30)24(28)17-8-11-20-21(13-17)33-14-32-20/h3-13,23,28H,14H2,1-2H3/b24-22-. The molecule has 5 rings (SSSR count). The molecule has 7 heteroatoms. The molecular weight excluding hydrogens is 422 g/mol. The van der Waals surface area contributed by atoms with Crippen molar-refractivity contribution in [2.45, 2.75) is 13.0 Å². The number of amides is 1. The number of aliphatic hydroxyl groups is 1. The molecule has 1 atom stereocenters. The maximum atomic E-state index is 13.2. The van der Waals surface area contributed by atoms with Crippen molar-refractivity contribution in [3.63, 3.8) is 0 Å². The van der Waals surface area contributed by atoms with Gasteiger partial charge < -0.3 is 19.3 Å². The summed E-state index contributed by atoms with van der Waals surface area (Å²) < 4.78 is 16.1. The number of ketones is 1. The van der Waals surface area contributed by atoms with Crippen LogP contribution >= 0.6 is 0 Å². The minimum atomic E-state index is -0.840. The van der Waals surface area contributed by atoms with Crippen LogP contribution in [0.4, 0.5) is 5.69 Å². The summed E-state index contributed by atoms with van der Waals surface area (Å²) in [6.07, 6.45) is 0. The van der Waals surface area contributed by atoms with Gasteiger partial charge in [0.05, 0.1) is 18.7 Å². The summed E-state index contributed by atoms with van der Waals surface area (Å²) in [5.41, 5.74) is 2.56. The summed E-state index contributed by atoms with van der Waals surface area (Å²) in [6, 6.07) is 18.5. The van der Waals surface area contributed by atoms with Crippen LogP contribution in [0.25, 0.3) is 5.76 Å². The molecule has 0 bridgehead atoms. The number of benzene rings is 3. The van der Waals surface area contributed by atoms with E-state index >= 15 is 0 Å². The van der Waals surface area contributed by atoms with Crippen molar-refractivity contribution in [3.05, 3.63) is 89.0 Å². The first-order chi connectivity index (χ1) is 16.0. The van der Waals surface area contributed by atoms with Crippen molar-refractivity contribution >= 4 is 23.1 Å². The van der Waals surface area contributed by atoms with E-state index in [4.69, 9.17) is 14.2 Å². The lowest BCUT2D eigenvalue weighted by molar-refractivity contribution is -0.132. The van der Waals surface area contributed by atoms with Gasteiger partial charge in [-0.2, -0.15) is 0 Å². The number of anilines is 1. The predicted octanol–water partition coefficient (Wildman–Crippen LogP) is 4.36. The number of hydrogen-bond acceptors (Lipinski definition) is 6. The Morgan fingerprint density at radius 3 is 2.52 bits per heavy atom. The smallest absolute Gasteiger partial charge is 0.300 e. The molecule has 7 nitrogen and oxygen atoms in total. The van der Waals surface area contributed by atoms with Gasteiger partial charge in [-0.1, -0.05) is 29.8 Å². The number of rotatable bonds is 4. The molecular formula is C26H21NO6. The molecule has 2 aliphatic rings. The van der Waals surface area contributed by atoms with Gasteiger partial charge in [-0.25, -0.2) is 0 Å². The van der Waals surface area contributed by atoms with Crippen LogP contribution in [-0.4, -0.2) is 30.7 Å². The van der Waals surface area contributed by atoms with Crippen LogP contribution in [0.1, 0.15) is 22.7 Å². The molecule has 1 saturated heterocycles. The van der Waals surface area contributed by atoms with E-state index in [1.54, 1.807) is 61.7 Å². The second-order valence-electron chi connectivity index (χ2n) is 7.85. The summed E-state index contributed by atoms with van der Waals surface area (Å²) in [7, 11) is 1.54. The summed E-state index contributed by atoms with van der Waals surface area (Å²) >= 11 is 0. The van der Waals surface area contributed by atoms with Gasteiger partial charge in [0.25, 0.3) is 11.7 Å². The van der Waals surface area contributed by atoms with Gasteiger partial charge in [0.1, 0.15) is 11.5 Å². The monoisotopic (exact) mass is 443 g/mol. The van der Waals surface area contributed by atoms with Gasteiger partial charge in [0.2, 0.25) is 6.79 Å². The SMILES string of the molecule is COc1cccc(C2/C(=C(/O)c3ccc4c(c3)OCO4)C(=O)C(=O)N2c2ccc(C)cc2)c1. The van der Waals surface area contributed by atoms with Crippen LogP contribution in [0.3, 0.4) is 0 Å². The summed E-state index contributed by atoms with van der Waals surface area (Å²) in [5, 5.41) is 11.3. The van der Waals surface area contributed by atoms with Crippen molar-refractivity contribution in [3.8, 4) is 17.2 Å². The molecule has 1 amide bonds. The topological polar surface area (TPSA) is 85.3 Å². The molecule has 2 heterocycles. The molecule has 1 unspecified atom stereocenters. The van der Waals surface area contributed by atoms with Crippen LogP contribution in [0.2, 0.25) is 0 Å². The van der Waals surface area contributed by atoms with Gasteiger partial charge in [-0.05, 0) is 55.0 Å². The van der Waals surface area contributed by atoms with E-state index < -0.39 is 17.7 Å². The molecule has 1 fully saturated rings. The fraction of sp³-hybridized carbons (Fsp3) is 0.154. The highest BCUT2D eigenvalue weighted by Gasteiger charge is 2.47. The lowest BCUT2D eigenvalue weighted by Gasteiger charge is -2.26. The lowest BCUT2D eigenvalue weighted by Crippen LogP contribution is -2.29. The Bertz CT molecular complexity index is 1290. The van der Waals surface area contributed by atoms with E-state index in [-0.39, 0.29) is 18.1 Å². The first-order valence-electron chi connectivity index (χ1n) is 10.4. The average molecular weight is 443 g/mol. The molecule has 0 aliphatic carbocycles. The molecule has 0 aromatic heterocycles. The third-order valence-corrected chi connectivity index (χ3v) is 5.81. The first kappa shape index (κ1) is 20.6. The third-order valence-electron chi connectivity index (χ3n) is 5.81. The second kappa shape index (κ2) is 8.02. The maximum absolute atomic E-state index is 13.2. The van der Waals surface area contributed by atoms with E-state index in [2.05, 4.69) is 0 Å². The van der Waals surface area contributed by atoms with Crippen LogP contribution < -0.4 is 19.1 Å². The summed E-state index contributed by atoms with van der Waals surface area (Å²) in [4.78, 5) is 27.9. The molecule has 3 aromatic rings. The van der Waals surface area contributed by atoms with Gasteiger partial charge in [-0.3, -0.25) is 14.5 Å². The molecule has 0 spiro atoms. The van der Waals surface area contributed by atoms with E-state index in [0.29, 0.717) is 34.1 Å². The maximum Gasteiger partial charge on any atom is 0.300 e. The third kappa shape index (κ3) is 3.47. The predicted molar refractivity (Wildman–Crippen MR) is 122 cm³/mol. The zero-order chi connectivity index (χ0) is 23.1. The number of nitrogens with zero attached hydrogens (tertiary/aromatic N) is 1. The highest BCUT2D eigenvalue weighted by atomic mass is 16.7. The largest absolute Gasteiger partial charge is 0.507 e. The molecule has 2 aliphatic heterocycles. The molecule has 1 N–H and O–H groups in total. The second-order valence-corrected chi connectivity index (χ2v) is 7.85. The zero-order valence-electron chi connectivity index (χ0n) is 18.1. The van der Waals surface area contributed by atoms with Gasteiger partial charge in [0.15, 0.2) is 11.5 Å². The zero-order valence-corrected chi connectivity index (χ0v) is 18.1. The Labute approximate surface area is 190 Å². The molecule has 0 radical (unpaired) electrons. The fourth-order valence-corrected chi connectivity index (χ4v) is 4.13. The van der Waals surface area contributed by atoms with Crippen LogP contribution in [0.5, 0.6) is 17.2 Å². The Morgan fingerprint density at radius 1 is 1.00 bits per heavy atom. The number of fused-ring (bicyclic) bond motifs is 1. The summed E-state index contributed by atoms with van der Waals surface area (Å²) in [6.45, 7) is 2.03. The van der Waals surface area contributed by atoms with Crippen molar-refractivity contribution in [1.82, 2.24) is 0 Å². The summed E-state index contributed by atoms with van der Waals surface area (Å²) in [5.74, 6) is -0.174. The van der Waals surface area contributed by atoms with Crippen LogP contribution in [0.15, 0.2) is 72.3 Å². The normalized spacial score (nSPS) is 18.6. The van der Waals surface area contributed by atoms with Crippen LogP contribution in [0, 0.1) is 6.92 Å². The van der Waals surface area contributed by atoms with E-state index in [0.717, 1.165) is 5.56 Å². The van der Waals surface area contributed by atoms with Crippen molar-refractivity contribution in [2.75, 3.05) is 18.8 Å².